The number of hydrogen-bond donors (Lipinski definition) is 0. The van der Waals surface area contributed by atoms with E-state index >= 15 is 0 Å². The van der Waals surface area contributed by atoms with Crippen molar-refractivity contribution in [2.75, 3.05) is 0 Å². The third-order valence-electron chi connectivity index (χ3n) is 2.56. The second kappa shape index (κ2) is 4.60. The van der Waals surface area contributed by atoms with Crippen LogP contribution in [0.1, 0.15) is 27.2 Å². The Morgan fingerprint density at radius 1 is 1.38 bits per heavy atom. The van der Waals surface area contributed by atoms with E-state index in [4.69, 9.17) is 4.74 Å². The van der Waals surface area contributed by atoms with Crippen LogP contribution >= 0.6 is 0 Å². The molecule has 0 aromatic heterocycles. The van der Waals surface area contributed by atoms with Gasteiger partial charge >= 0.3 is 5.97 Å². The molecule has 0 saturated carbocycles. The molecule has 0 heterocycles. The molecule has 0 saturated heterocycles. The lowest BCUT2D eigenvalue weighted by Crippen LogP contribution is -2.28. The Balaban J connectivity index is 2.90. The Labute approximate surface area is 93.2 Å². The molecule has 0 radical (unpaired) electrons. The molecular formula is C12H14F2O2. The van der Waals surface area contributed by atoms with Crippen LogP contribution in [0.15, 0.2) is 18.2 Å². The van der Waals surface area contributed by atoms with Gasteiger partial charge in [0.2, 0.25) is 5.82 Å². The van der Waals surface area contributed by atoms with Crippen LogP contribution in [0.5, 0.6) is 5.75 Å². The van der Waals surface area contributed by atoms with Gasteiger partial charge in [-0.3, -0.25) is 4.79 Å². The summed E-state index contributed by atoms with van der Waals surface area (Å²) in [4.78, 5) is 11.6. The zero-order valence-electron chi connectivity index (χ0n) is 9.51. The molecule has 16 heavy (non-hydrogen) atoms. The minimum atomic E-state index is -1.14. The highest BCUT2D eigenvalue weighted by molar-refractivity contribution is 5.78. The standard InChI is InChI=1S/C12H14F2O2/c1-4-12(2,3)11(15)16-9-7-5-6-8(13)10(9)14/h5-7H,4H2,1-3H3. The zero-order chi connectivity index (χ0) is 12.3. The Hall–Kier alpha value is -1.45. The van der Waals surface area contributed by atoms with Crippen molar-refractivity contribution in [1.29, 1.82) is 0 Å². The van der Waals surface area contributed by atoms with Crippen molar-refractivity contribution in [3.8, 4) is 5.75 Å². The molecular weight excluding hydrogens is 214 g/mol. The molecule has 4 heteroatoms. The fourth-order valence-corrected chi connectivity index (χ4v) is 0.945. The lowest BCUT2D eigenvalue weighted by atomic mass is 9.91. The molecule has 2 nitrogen and oxygen atoms in total. The molecule has 0 aliphatic carbocycles. The molecule has 1 aromatic rings. The van der Waals surface area contributed by atoms with E-state index in [1.807, 2.05) is 6.92 Å². The summed E-state index contributed by atoms with van der Waals surface area (Å²) in [5.41, 5.74) is -0.710. The number of carbonyl (C=O) groups is 1. The van der Waals surface area contributed by atoms with Crippen LogP contribution < -0.4 is 4.74 Å². The first kappa shape index (κ1) is 12.6. The Morgan fingerprint density at radius 3 is 2.56 bits per heavy atom. The summed E-state index contributed by atoms with van der Waals surface area (Å²) in [7, 11) is 0. The van der Waals surface area contributed by atoms with Crippen molar-refractivity contribution in [3.05, 3.63) is 29.8 Å². The second-order valence-corrected chi connectivity index (χ2v) is 4.18. The molecule has 0 fully saturated rings. The molecule has 1 rings (SSSR count). The van der Waals surface area contributed by atoms with Crippen LogP contribution in [0, 0.1) is 17.0 Å². The largest absolute Gasteiger partial charge is 0.423 e. The van der Waals surface area contributed by atoms with Crippen LogP contribution in [0.4, 0.5) is 8.78 Å². The van der Waals surface area contributed by atoms with Crippen molar-refractivity contribution in [3.63, 3.8) is 0 Å². The SMILES string of the molecule is CCC(C)(C)C(=O)Oc1cccc(F)c1F. The number of ether oxygens (including phenoxy) is 1. The van der Waals surface area contributed by atoms with Crippen LogP contribution in [0.25, 0.3) is 0 Å². The van der Waals surface area contributed by atoms with E-state index in [1.54, 1.807) is 13.8 Å². The summed E-state index contributed by atoms with van der Waals surface area (Å²) in [6.45, 7) is 5.20. The van der Waals surface area contributed by atoms with Gasteiger partial charge in [-0.1, -0.05) is 13.0 Å². The molecule has 0 atom stereocenters. The van der Waals surface area contributed by atoms with Gasteiger partial charge in [0.25, 0.3) is 0 Å². The summed E-state index contributed by atoms with van der Waals surface area (Å²) in [6.07, 6.45) is 0.558. The van der Waals surface area contributed by atoms with E-state index in [1.165, 1.54) is 12.1 Å². The first-order valence-electron chi connectivity index (χ1n) is 5.05. The van der Waals surface area contributed by atoms with Crippen LogP contribution in [-0.2, 0) is 4.79 Å². The molecule has 0 unspecified atom stereocenters. The van der Waals surface area contributed by atoms with Crippen molar-refractivity contribution in [2.24, 2.45) is 5.41 Å². The minimum absolute atomic E-state index is 0.369. The molecule has 1 aromatic carbocycles. The van der Waals surface area contributed by atoms with E-state index in [2.05, 4.69) is 0 Å². The molecule has 0 bridgehead atoms. The highest BCUT2D eigenvalue weighted by Crippen LogP contribution is 2.25. The van der Waals surface area contributed by atoms with Gasteiger partial charge in [-0.15, -0.1) is 0 Å². The number of rotatable bonds is 3. The maximum Gasteiger partial charge on any atom is 0.316 e. The summed E-state index contributed by atoms with van der Waals surface area (Å²) in [5.74, 6) is -3.10. The van der Waals surface area contributed by atoms with Gasteiger partial charge in [0.15, 0.2) is 11.6 Å². The van der Waals surface area contributed by atoms with Gasteiger partial charge in [-0.25, -0.2) is 4.39 Å². The third kappa shape index (κ3) is 2.56. The van der Waals surface area contributed by atoms with Gasteiger partial charge in [0, 0.05) is 0 Å². The Kier molecular flexibility index (Phi) is 3.62. The van der Waals surface area contributed by atoms with E-state index in [0.717, 1.165) is 6.07 Å². The van der Waals surface area contributed by atoms with Gasteiger partial charge in [-0.05, 0) is 32.4 Å². The second-order valence-electron chi connectivity index (χ2n) is 4.18. The monoisotopic (exact) mass is 228 g/mol. The number of esters is 1. The van der Waals surface area contributed by atoms with Crippen molar-refractivity contribution in [1.82, 2.24) is 0 Å². The van der Waals surface area contributed by atoms with Gasteiger partial charge in [0.05, 0.1) is 5.41 Å². The number of halogens is 2. The minimum Gasteiger partial charge on any atom is -0.423 e. The Bertz CT molecular complexity index is 400. The lowest BCUT2D eigenvalue weighted by Gasteiger charge is -2.20. The summed E-state index contributed by atoms with van der Waals surface area (Å²) >= 11 is 0. The lowest BCUT2D eigenvalue weighted by molar-refractivity contribution is -0.144. The Morgan fingerprint density at radius 2 is 2.00 bits per heavy atom. The van der Waals surface area contributed by atoms with Crippen LogP contribution in [0.2, 0.25) is 0 Å². The molecule has 0 spiro atoms. The maximum atomic E-state index is 13.2. The summed E-state index contributed by atoms with van der Waals surface area (Å²) in [6, 6.07) is 3.49. The average Bonchev–Trinajstić information content (AvgIpc) is 2.24. The van der Waals surface area contributed by atoms with E-state index in [-0.39, 0.29) is 5.75 Å². The average molecular weight is 228 g/mol. The first-order chi connectivity index (χ1) is 7.38. The fraction of sp³-hybridized carbons (Fsp3) is 0.417. The smallest absolute Gasteiger partial charge is 0.316 e. The van der Waals surface area contributed by atoms with Crippen molar-refractivity contribution in [2.45, 2.75) is 27.2 Å². The van der Waals surface area contributed by atoms with Gasteiger partial charge < -0.3 is 4.74 Å². The van der Waals surface area contributed by atoms with E-state index < -0.39 is 23.0 Å². The van der Waals surface area contributed by atoms with Gasteiger partial charge in [0.1, 0.15) is 0 Å². The predicted molar refractivity (Wildman–Crippen MR) is 56.1 cm³/mol. The van der Waals surface area contributed by atoms with E-state index in [9.17, 15) is 13.6 Å². The highest BCUT2D eigenvalue weighted by Gasteiger charge is 2.28. The quantitative estimate of drug-likeness (QED) is 0.586. The maximum absolute atomic E-state index is 13.2. The first-order valence-corrected chi connectivity index (χ1v) is 5.05. The third-order valence-corrected chi connectivity index (χ3v) is 2.56. The summed E-state index contributed by atoms with van der Waals surface area (Å²) < 4.78 is 30.9. The van der Waals surface area contributed by atoms with Crippen molar-refractivity contribution < 1.29 is 18.3 Å². The van der Waals surface area contributed by atoms with Crippen molar-refractivity contribution >= 4 is 5.97 Å². The molecule has 0 aliphatic rings. The zero-order valence-corrected chi connectivity index (χ0v) is 9.51. The number of benzene rings is 1. The van der Waals surface area contributed by atoms with Crippen LogP contribution in [0.3, 0.4) is 0 Å². The van der Waals surface area contributed by atoms with Gasteiger partial charge in [-0.2, -0.15) is 4.39 Å². The normalized spacial score (nSPS) is 11.3. The molecule has 0 amide bonds. The van der Waals surface area contributed by atoms with E-state index in [0.29, 0.717) is 6.42 Å². The number of hydrogen-bond acceptors (Lipinski definition) is 2. The summed E-state index contributed by atoms with van der Waals surface area (Å²) in [5, 5.41) is 0. The topological polar surface area (TPSA) is 26.3 Å². The number of carbonyl (C=O) groups excluding carboxylic acids is 1. The highest BCUT2D eigenvalue weighted by atomic mass is 19.2. The van der Waals surface area contributed by atoms with Crippen LogP contribution in [-0.4, -0.2) is 5.97 Å². The molecule has 0 aliphatic heterocycles. The molecule has 88 valence electrons. The fourth-order valence-electron chi connectivity index (χ4n) is 0.945. The molecule has 0 N–H and O–H groups in total. The predicted octanol–water partition coefficient (Wildman–Crippen LogP) is 3.31.